The first-order valence-corrected chi connectivity index (χ1v) is 5.78. The van der Waals surface area contributed by atoms with E-state index >= 15 is 0 Å². The number of halogens is 3. The van der Waals surface area contributed by atoms with Crippen LogP contribution in [-0.2, 0) is 18.0 Å². The van der Waals surface area contributed by atoms with E-state index in [9.17, 15) is 18.0 Å². The lowest BCUT2D eigenvalue weighted by atomic mass is 10.1. The molecule has 1 saturated heterocycles. The molecule has 0 aromatic carbocycles. The molecular weight excluding hydrogens is 283 g/mol. The van der Waals surface area contributed by atoms with Gasteiger partial charge >= 0.3 is 12.1 Å². The number of nitrogens with zero attached hydrogens (tertiary/aromatic N) is 3. The second-order valence-corrected chi connectivity index (χ2v) is 4.60. The third-order valence-electron chi connectivity index (χ3n) is 2.94. The zero-order chi connectivity index (χ0) is 14.4. The molecule has 19 heavy (non-hydrogen) atoms. The van der Waals surface area contributed by atoms with Crippen molar-refractivity contribution in [2.75, 3.05) is 11.4 Å². The summed E-state index contributed by atoms with van der Waals surface area (Å²) in [4.78, 5) is 12.3. The number of thiocarbonyl (C=S) groups is 1. The lowest BCUT2D eigenvalue weighted by molar-refractivity contribution is -0.143. The van der Waals surface area contributed by atoms with Crippen molar-refractivity contribution in [1.29, 1.82) is 0 Å². The molecule has 0 amide bonds. The minimum atomic E-state index is -4.51. The molecule has 1 aliphatic heterocycles. The molecule has 1 aliphatic rings. The second-order valence-electron chi connectivity index (χ2n) is 4.18. The van der Waals surface area contributed by atoms with Crippen molar-refractivity contribution in [2.24, 2.45) is 13.0 Å². The highest BCUT2D eigenvalue weighted by atomic mass is 32.1. The molecule has 104 valence electrons. The molecule has 5 nitrogen and oxygen atoms in total. The minimum Gasteiger partial charge on any atom is -0.481 e. The van der Waals surface area contributed by atoms with Gasteiger partial charge in [0.15, 0.2) is 5.82 Å². The van der Waals surface area contributed by atoms with Crippen LogP contribution in [0.15, 0.2) is 6.07 Å². The van der Waals surface area contributed by atoms with Gasteiger partial charge in [0.05, 0.1) is 4.99 Å². The molecule has 9 heteroatoms. The summed E-state index contributed by atoms with van der Waals surface area (Å²) in [5, 5.41) is 12.7. The summed E-state index contributed by atoms with van der Waals surface area (Å²) >= 11 is 4.98. The van der Waals surface area contributed by atoms with Gasteiger partial charge in [0.25, 0.3) is 0 Å². The van der Waals surface area contributed by atoms with Crippen molar-refractivity contribution < 1.29 is 23.1 Å². The standard InChI is InChI=1S/C10H10F3N3O2S/c1-15-6(10(11,12)13)4-7(14-15)16-3-2-5(8(16)19)9(17)18/h4-5H,2-3H2,1H3,(H,17,18). The first kappa shape index (κ1) is 13.8. The van der Waals surface area contributed by atoms with Crippen molar-refractivity contribution in [3.8, 4) is 0 Å². The lowest BCUT2D eigenvalue weighted by Gasteiger charge is -2.14. The number of anilines is 1. The third-order valence-corrected chi connectivity index (χ3v) is 3.44. The van der Waals surface area contributed by atoms with Crippen LogP contribution < -0.4 is 4.90 Å². The summed E-state index contributed by atoms with van der Waals surface area (Å²) in [5.74, 6) is -1.88. The fourth-order valence-corrected chi connectivity index (χ4v) is 2.39. The number of carboxylic acids is 1. The Morgan fingerprint density at radius 2 is 2.21 bits per heavy atom. The second kappa shape index (κ2) is 4.48. The van der Waals surface area contributed by atoms with Crippen LogP contribution in [0.25, 0.3) is 0 Å². The molecule has 1 aromatic rings. The van der Waals surface area contributed by atoms with Crippen LogP contribution in [0.1, 0.15) is 12.1 Å². The van der Waals surface area contributed by atoms with Gasteiger partial charge in [-0.3, -0.25) is 9.48 Å². The number of carboxylic acid groups (broad SMARTS) is 1. The Labute approximate surface area is 111 Å². The van der Waals surface area contributed by atoms with E-state index in [1.807, 2.05) is 0 Å². The SMILES string of the molecule is Cn1nc(N2CCC(C(=O)O)C2=S)cc1C(F)(F)F. The highest BCUT2D eigenvalue weighted by molar-refractivity contribution is 7.80. The summed E-state index contributed by atoms with van der Waals surface area (Å²) in [6.07, 6.45) is -4.24. The molecule has 0 saturated carbocycles. The summed E-state index contributed by atoms with van der Waals surface area (Å²) in [5.41, 5.74) is -0.899. The molecule has 1 atom stereocenters. The summed E-state index contributed by atoms with van der Waals surface area (Å²) in [6.45, 7) is 0.254. The van der Waals surface area contributed by atoms with E-state index in [2.05, 4.69) is 5.10 Å². The Morgan fingerprint density at radius 1 is 1.58 bits per heavy atom. The smallest absolute Gasteiger partial charge is 0.433 e. The van der Waals surface area contributed by atoms with Gasteiger partial charge in [0.1, 0.15) is 11.6 Å². The maximum absolute atomic E-state index is 12.6. The summed E-state index contributed by atoms with van der Waals surface area (Å²) in [7, 11) is 1.18. The maximum atomic E-state index is 12.6. The Morgan fingerprint density at radius 3 is 2.63 bits per heavy atom. The first-order valence-electron chi connectivity index (χ1n) is 5.37. The lowest BCUT2D eigenvalue weighted by Crippen LogP contribution is -2.28. The predicted molar refractivity (Wildman–Crippen MR) is 63.9 cm³/mol. The van der Waals surface area contributed by atoms with Crippen molar-refractivity contribution >= 4 is 29.0 Å². The van der Waals surface area contributed by atoms with Gasteiger partial charge in [0, 0.05) is 19.7 Å². The van der Waals surface area contributed by atoms with Gasteiger partial charge in [-0.2, -0.15) is 18.3 Å². The van der Waals surface area contributed by atoms with Gasteiger partial charge < -0.3 is 10.0 Å². The van der Waals surface area contributed by atoms with E-state index in [1.54, 1.807) is 0 Å². The van der Waals surface area contributed by atoms with Gasteiger partial charge in [-0.05, 0) is 6.42 Å². The molecular formula is C10H10F3N3O2S. The highest BCUT2D eigenvalue weighted by Crippen LogP contribution is 2.33. The summed E-state index contributed by atoms with van der Waals surface area (Å²) in [6, 6.07) is 0.872. The molecule has 2 rings (SSSR count). The zero-order valence-electron chi connectivity index (χ0n) is 9.81. The molecule has 0 spiro atoms. The predicted octanol–water partition coefficient (Wildman–Crippen LogP) is 1.68. The average Bonchev–Trinajstić information content (AvgIpc) is 2.80. The van der Waals surface area contributed by atoms with Crippen molar-refractivity contribution in [3.63, 3.8) is 0 Å². The van der Waals surface area contributed by atoms with Crippen LogP contribution in [0.3, 0.4) is 0 Å². The molecule has 2 heterocycles. The zero-order valence-corrected chi connectivity index (χ0v) is 10.6. The number of aromatic nitrogens is 2. The van der Waals surface area contributed by atoms with Gasteiger partial charge in [-0.1, -0.05) is 12.2 Å². The molecule has 0 bridgehead atoms. The van der Waals surface area contributed by atoms with Crippen LogP contribution in [0, 0.1) is 5.92 Å². The summed E-state index contributed by atoms with van der Waals surface area (Å²) < 4.78 is 38.6. The fraction of sp³-hybridized carbons (Fsp3) is 0.500. The number of alkyl halides is 3. The third kappa shape index (κ3) is 2.42. The molecule has 0 radical (unpaired) electrons. The first-order chi connectivity index (χ1) is 8.71. The number of aliphatic carboxylic acids is 1. The van der Waals surface area contributed by atoms with Crippen molar-refractivity contribution in [3.05, 3.63) is 11.8 Å². The fourth-order valence-electron chi connectivity index (χ4n) is 1.99. The van der Waals surface area contributed by atoms with Crippen molar-refractivity contribution in [2.45, 2.75) is 12.6 Å². The van der Waals surface area contributed by atoms with E-state index in [0.717, 1.165) is 6.07 Å². The van der Waals surface area contributed by atoms with E-state index in [4.69, 9.17) is 17.3 Å². The molecule has 0 aliphatic carbocycles. The number of carbonyl (C=O) groups is 1. The largest absolute Gasteiger partial charge is 0.481 e. The topological polar surface area (TPSA) is 58.4 Å². The normalized spacial score (nSPS) is 20.1. The van der Waals surface area contributed by atoms with Gasteiger partial charge in [0.2, 0.25) is 0 Å². The maximum Gasteiger partial charge on any atom is 0.433 e. The Balaban J connectivity index is 2.30. The monoisotopic (exact) mass is 293 g/mol. The number of hydrogen-bond donors (Lipinski definition) is 1. The minimum absolute atomic E-state index is 0.0311. The molecule has 1 N–H and O–H groups in total. The van der Waals surface area contributed by atoms with E-state index in [-0.39, 0.29) is 23.8 Å². The van der Waals surface area contributed by atoms with Crippen LogP contribution in [0.4, 0.5) is 19.0 Å². The molecule has 1 unspecified atom stereocenters. The molecule has 1 aromatic heterocycles. The van der Waals surface area contributed by atoms with E-state index in [1.165, 1.54) is 11.9 Å². The van der Waals surface area contributed by atoms with Crippen LogP contribution in [0.5, 0.6) is 0 Å². The van der Waals surface area contributed by atoms with E-state index in [0.29, 0.717) is 4.68 Å². The highest BCUT2D eigenvalue weighted by Gasteiger charge is 2.39. The van der Waals surface area contributed by atoms with E-state index < -0.39 is 23.8 Å². The average molecular weight is 293 g/mol. The molecule has 1 fully saturated rings. The van der Waals surface area contributed by atoms with Crippen LogP contribution in [-0.4, -0.2) is 32.4 Å². The van der Waals surface area contributed by atoms with Crippen LogP contribution in [0.2, 0.25) is 0 Å². The Kier molecular flexibility index (Phi) is 3.25. The Hall–Kier alpha value is -1.64. The van der Waals surface area contributed by atoms with Crippen molar-refractivity contribution in [1.82, 2.24) is 9.78 Å². The van der Waals surface area contributed by atoms with Crippen LogP contribution >= 0.6 is 12.2 Å². The quantitative estimate of drug-likeness (QED) is 0.841. The number of hydrogen-bond acceptors (Lipinski definition) is 3. The Bertz CT molecular complexity index is 541. The number of rotatable bonds is 2. The van der Waals surface area contributed by atoms with Gasteiger partial charge in [-0.25, -0.2) is 0 Å². The van der Waals surface area contributed by atoms with Gasteiger partial charge in [-0.15, -0.1) is 0 Å². The number of aryl methyl sites for hydroxylation is 1.